The number of hydrogen-bond acceptors (Lipinski definition) is 5. The molecule has 6 nitrogen and oxygen atoms in total. The fourth-order valence-corrected chi connectivity index (χ4v) is 2.94. The van der Waals surface area contributed by atoms with Crippen LogP contribution in [0.15, 0.2) is 66.0 Å². The summed E-state index contributed by atoms with van der Waals surface area (Å²) in [6.07, 6.45) is 0. The van der Waals surface area contributed by atoms with Crippen LogP contribution in [0, 0.1) is 0 Å². The molecule has 27 heavy (non-hydrogen) atoms. The second kappa shape index (κ2) is 8.29. The second-order valence-corrected chi connectivity index (χ2v) is 6.48. The number of carbonyl (C=O) groups excluding carboxylic acids is 3. The van der Waals surface area contributed by atoms with Crippen molar-refractivity contribution in [3.63, 3.8) is 0 Å². The zero-order valence-corrected chi connectivity index (χ0v) is 15.2. The molecular formula is C20H16N2O4S. The minimum atomic E-state index is -0.437. The molecule has 0 aliphatic carbocycles. The molecule has 1 aromatic heterocycles. The van der Waals surface area contributed by atoms with Crippen molar-refractivity contribution in [2.45, 2.75) is 0 Å². The zero-order chi connectivity index (χ0) is 19.2. The highest BCUT2D eigenvalue weighted by Gasteiger charge is 2.10. The molecule has 7 heteroatoms. The summed E-state index contributed by atoms with van der Waals surface area (Å²) in [6.45, 7) is 0. The van der Waals surface area contributed by atoms with Crippen LogP contribution in [0.3, 0.4) is 0 Å². The summed E-state index contributed by atoms with van der Waals surface area (Å²) >= 11 is 1.36. The molecule has 0 aliphatic heterocycles. The first-order valence-corrected chi connectivity index (χ1v) is 8.89. The van der Waals surface area contributed by atoms with Gasteiger partial charge in [-0.15, -0.1) is 11.3 Å². The molecule has 0 atom stereocenters. The minimum Gasteiger partial charge on any atom is -0.465 e. The molecule has 2 amide bonds. The Labute approximate surface area is 159 Å². The van der Waals surface area contributed by atoms with Crippen molar-refractivity contribution in [2.75, 3.05) is 17.7 Å². The van der Waals surface area contributed by atoms with E-state index in [2.05, 4.69) is 15.4 Å². The quantitative estimate of drug-likeness (QED) is 0.654. The zero-order valence-electron chi connectivity index (χ0n) is 14.4. The van der Waals surface area contributed by atoms with Crippen molar-refractivity contribution in [1.82, 2.24) is 0 Å². The molecule has 2 aromatic carbocycles. The van der Waals surface area contributed by atoms with Gasteiger partial charge < -0.3 is 15.4 Å². The summed E-state index contributed by atoms with van der Waals surface area (Å²) in [7, 11) is 1.31. The van der Waals surface area contributed by atoms with Crippen LogP contribution in [0.4, 0.5) is 11.4 Å². The highest BCUT2D eigenvalue weighted by atomic mass is 32.1. The third-order valence-corrected chi connectivity index (χ3v) is 4.58. The van der Waals surface area contributed by atoms with Gasteiger partial charge in [-0.2, -0.15) is 0 Å². The van der Waals surface area contributed by atoms with E-state index in [-0.39, 0.29) is 11.8 Å². The number of methoxy groups -OCH3 is 1. The molecule has 0 unspecified atom stereocenters. The Bertz CT molecular complexity index is 949. The maximum Gasteiger partial charge on any atom is 0.337 e. The smallest absolute Gasteiger partial charge is 0.337 e. The monoisotopic (exact) mass is 380 g/mol. The average molecular weight is 380 g/mol. The van der Waals surface area contributed by atoms with E-state index in [0.29, 0.717) is 27.4 Å². The molecule has 3 aromatic rings. The number of esters is 1. The number of thiophene rings is 1. The number of anilines is 2. The van der Waals surface area contributed by atoms with E-state index in [0.717, 1.165) is 0 Å². The van der Waals surface area contributed by atoms with E-state index in [1.165, 1.54) is 18.4 Å². The molecular weight excluding hydrogens is 364 g/mol. The second-order valence-electron chi connectivity index (χ2n) is 5.53. The number of ether oxygens (including phenoxy) is 1. The summed E-state index contributed by atoms with van der Waals surface area (Å²) < 4.78 is 4.63. The Hall–Kier alpha value is -3.45. The summed E-state index contributed by atoms with van der Waals surface area (Å²) in [5.41, 5.74) is 2.01. The predicted octanol–water partition coefficient (Wildman–Crippen LogP) is 4.04. The van der Waals surface area contributed by atoms with Crippen molar-refractivity contribution in [3.05, 3.63) is 82.0 Å². The lowest BCUT2D eigenvalue weighted by molar-refractivity contribution is 0.0600. The number of rotatable bonds is 5. The lowest BCUT2D eigenvalue weighted by Crippen LogP contribution is -2.13. The molecule has 0 saturated heterocycles. The molecule has 3 rings (SSSR count). The van der Waals surface area contributed by atoms with Gasteiger partial charge in [0.15, 0.2) is 0 Å². The van der Waals surface area contributed by atoms with Crippen LogP contribution < -0.4 is 10.6 Å². The highest BCUT2D eigenvalue weighted by Crippen LogP contribution is 2.16. The van der Waals surface area contributed by atoms with Gasteiger partial charge >= 0.3 is 5.97 Å². The van der Waals surface area contributed by atoms with Crippen LogP contribution in [0.25, 0.3) is 0 Å². The van der Waals surface area contributed by atoms with Crippen molar-refractivity contribution in [3.8, 4) is 0 Å². The Morgan fingerprint density at radius 3 is 1.85 bits per heavy atom. The largest absolute Gasteiger partial charge is 0.465 e. The number of nitrogens with one attached hydrogen (secondary N) is 2. The summed E-state index contributed by atoms with van der Waals surface area (Å²) in [5.74, 6) is -0.919. The van der Waals surface area contributed by atoms with Crippen LogP contribution in [-0.2, 0) is 4.74 Å². The molecule has 0 spiro atoms. The van der Waals surface area contributed by atoms with Gasteiger partial charge in [0.05, 0.1) is 17.6 Å². The first kappa shape index (κ1) is 18.3. The lowest BCUT2D eigenvalue weighted by atomic mass is 10.1. The van der Waals surface area contributed by atoms with E-state index in [9.17, 15) is 14.4 Å². The van der Waals surface area contributed by atoms with E-state index in [1.54, 1.807) is 54.6 Å². The van der Waals surface area contributed by atoms with Gasteiger partial charge in [-0.3, -0.25) is 9.59 Å². The number of carbonyl (C=O) groups is 3. The Morgan fingerprint density at radius 1 is 0.778 bits per heavy atom. The van der Waals surface area contributed by atoms with Gasteiger partial charge in [0, 0.05) is 16.9 Å². The van der Waals surface area contributed by atoms with Crippen molar-refractivity contribution in [2.24, 2.45) is 0 Å². The molecule has 0 bridgehead atoms. The van der Waals surface area contributed by atoms with Gasteiger partial charge in [-0.05, 0) is 60.0 Å². The van der Waals surface area contributed by atoms with Crippen LogP contribution in [0.1, 0.15) is 30.4 Å². The van der Waals surface area contributed by atoms with Crippen LogP contribution in [0.5, 0.6) is 0 Å². The standard InChI is InChI=1S/C20H16N2O4S/c1-26-20(25)14-6-10-15(11-7-14)21-18(23)13-4-8-16(9-5-13)22-19(24)17-3-2-12-27-17/h2-12H,1H3,(H,21,23)(H,22,24). The van der Waals surface area contributed by atoms with Gasteiger partial charge in [0.1, 0.15) is 0 Å². The Kier molecular flexibility index (Phi) is 5.63. The first-order valence-electron chi connectivity index (χ1n) is 8.01. The third-order valence-electron chi connectivity index (χ3n) is 3.71. The fraction of sp³-hybridized carbons (Fsp3) is 0.0500. The van der Waals surface area contributed by atoms with E-state index >= 15 is 0 Å². The molecule has 136 valence electrons. The van der Waals surface area contributed by atoms with Gasteiger partial charge in [-0.1, -0.05) is 6.07 Å². The lowest BCUT2D eigenvalue weighted by Gasteiger charge is -2.08. The van der Waals surface area contributed by atoms with Gasteiger partial charge in [-0.25, -0.2) is 4.79 Å². The van der Waals surface area contributed by atoms with Crippen molar-refractivity contribution >= 4 is 40.5 Å². The minimum absolute atomic E-state index is 0.187. The van der Waals surface area contributed by atoms with Crippen LogP contribution in [0.2, 0.25) is 0 Å². The average Bonchev–Trinajstić information content (AvgIpc) is 3.23. The summed E-state index contributed by atoms with van der Waals surface area (Å²) in [5, 5.41) is 7.36. The molecule has 1 heterocycles. The fourth-order valence-electron chi connectivity index (χ4n) is 2.32. The molecule has 0 saturated carbocycles. The van der Waals surface area contributed by atoms with E-state index in [1.807, 2.05) is 11.4 Å². The number of benzene rings is 2. The summed E-state index contributed by atoms with van der Waals surface area (Å²) in [6, 6.07) is 16.5. The van der Waals surface area contributed by atoms with Gasteiger partial charge in [0.25, 0.3) is 11.8 Å². The topological polar surface area (TPSA) is 84.5 Å². The molecule has 0 aliphatic rings. The summed E-state index contributed by atoms with van der Waals surface area (Å²) in [4.78, 5) is 36.4. The Balaban J connectivity index is 1.62. The molecule has 0 fully saturated rings. The first-order chi connectivity index (χ1) is 13.1. The maximum atomic E-state index is 12.3. The third kappa shape index (κ3) is 4.59. The Morgan fingerprint density at radius 2 is 1.33 bits per heavy atom. The van der Waals surface area contributed by atoms with Crippen molar-refractivity contribution < 1.29 is 19.1 Å². The van der Waals surface area contributed by atoms with Crippen LogP contribution >= 0.6 is 11.3 Å². The normalized spacial score (nSPS) is 10.1. The maximum absolute atomic E-state index is 12.3. The number of hydrogen-bond donors (Lipinski definition) is 2. The van der Waals surface area contributed by atoms with Gasteiger partial charge in [0.2, 0.25) is 0 Å². The van der Waals surface area contributed by atoms with Crippen molar-refractivity contribution in [1.29, 1.82) is 0 Å². The molecule has 0 radical (unpaired) electrons. The van der Waals surface area contributed by atoms with E-state index in [4.69, 9.17) is 0 Å². The SMILES string of the molecule is COC(=O)c1ccc(NC(=O)c2ccc(NC(=O)c3cccs3)cc2)cc1. The molecule has 2 N–H and O–H groups in total. The van der Waals surface area contributed by atoms with E-state index < -0.39 is 5.97 Å². The predicted molar refractivity (Wildman–Crippen MR) is 104 cm³/mol. The highest BCUT2D eigenvalue weighted by molar-refractivity contribution is 7.12. The number of amides is 2. The van der Waals surface area contributed by atoms with Crippen LogP contribution in [-0.4, -0.2) is 24.9 Å².